The molecule has 0 saturated heterocycles. The molecule has 2 atom stereocenters. The molecule has 4 nitrogen and oxygen atoms in total. The summed E-state index contributed by atoms with van der Waals surface area (Å²) in [6.07, 6.45) is 2.16. The highest BCUT2D eigenvalue weighted by Crippen LogP contribution is 2.22. The van der Waals surface area contributed by atoms with Gasteiger partial charge in [-0.3, -0.25) is 4.79 Å². The van der Waals surface area contributed by atoms with E-state index in [1.54, 1.807) is 0 Å². The van der Waals surface area contributed by atoms with Crippen LogP contribution in [-0.4, -0.2) is 18.0 Å². The second-order valence-electron chi connectivity index (χ2n) is 6.01. The zero-order valence-corrected chi connectivity index (χ0v) is 14.6. The van der Waals surface area contributed by atoms with E-state index in [1.165, 1.54) is 0 Å². The van der Waals surface area contributed by atoms with Gasteiger partial charge >= 0.3 is 0 Å². The zero-order chi connectivity index (χ0) is 17.4. The third kappa shape index (κ3) is 5.70. The van der Waals surface area contributed by atoms with Crippen LogP contribution in [0.25, 0.3) is 0 Å². The van der Waals surface area contributed by atoms with Gasteiger partial charge in [0.2, 0.25) is 5.91 Å². The molecule has 2 aromatic carbocycles. The molecule has 0 radical (unpaired) electrons. The van der Waals surface area contributed by atoms with Crippen LogP contribution in [0.1, 0.15) is 33.6 Å². The summed E-state index contributed by atoms with van der Waals surface area (Å²) in [6.45, 7) is 6.12. The Labute approximate surface area is 144 Å². The molecule has 24 heavy (non-hydrogen) atoms. The number of carbonyl (C=O) groups is 1. The molecule has 128 valence electrons. The Morgan fingerprint density at radius 2 is 1.62 bits per heavy atom. The number of carbonyl (C=O) groups excluding carboxylic acids is 1. The van der Waals surface area contributed by atoms with E-state index in [4.69, 9.17) is 4.74 Å². The number of para-hydroxylation sites is 1. The van der Waals surface area contributed by atoms with E-state index in [9.17, 15) is 4.79 Å². The molecule has 2 N–H and O–H groups in total. The molecule has 0 aliphatic rings. The number of hydrogen-bond donors (Lipinski definition) is 2. The molecule has 0 aliphatic carbocycles. The van der Waals surface area contributed by atoms with Gasteiger partial charge in [-0.25, -0.2) is 0 Å². The van der Waals surface area contributed by atoms with Crippen LogP contribution in [0.2, 0.25) is 0 Å². The Morgan fingerprint density at radius 1 is 1.00 bits per heavy atom. The molecule has 4 heteroatoms. The molecule has 2 aromatic rings. The summed E-state index contributed by atoms with van der Waals surface area (Å²) < 4.78 is 5.74. The minimum absolute atomic E-state index is 0.0327. The van der Waals surface area contributed by atoms with E-state index >= 15 is 0 Å². The molecule has 1 amide bonds. The standard InChI is InChI=1S/C20H26N2O2/c1-4-8-15(2)21-16(3)20(23)22-17-11-13-19(14-12-17)24-18-9-6-5-7-10-18/h5-7,9-16,21H,4,8H2,1-3H3,(H,22,23)/t15-,16+/m0/s1. The van der Waals surface area contributed by atoms with Crippen LogP contribution in [0, 0.1) is 0 Å². The monoisotopic (exact) mass is 326 g/mol. The van der Waals surface area contributed by atoms with E-state index in [-0.39, 0.29) is 11.9 Å². The van der Waals surface area contributed by atoms with Gasteiger partial charge in [0.05, 0.1) is 6.04 Å². The van der Waals surface area contributed by atoms with Crippen molar-refractivity contribution >= 4 is 11.6 Å². The van der Waals surface area contributed by atoms with Gasteiger partial charge in [0.15, 0.2) is 0 Å². The topological polar surface area (TPSA) is 50.4 Å². The lowest BCUT2D eigenvalue weighted by atomic mass is 10.1. The number of nitrogens with one attached hydrogen (secondary N) is 2. The van der Waals surface area contributed by atoms with Gasteiger partial charge in [-0.1, -0.05) is 31.5 Å². The zero-order valence-electron chi connectivity index (χ0n) is 14.6. The van der Waals surface area contributed by atoms with Crippen molar-refractivity contribution in [1.82, 2.24) is 5.32 Å². The van der Waals surface area contributed by atoms with Crippen LogP contribution in [0.3, 0.4) is 0 Å². The lowest BCUT2D eigenvalue weighted by molar-refractivity contribution is -0.117. The fourth-order valence-electron chi connectivity index (χ4n) is 2.50. The highest BCUT2D eigenvalue weighted by Gasteiger charge is 2.15. The molecule has 0 aromatic heterocycles. The smallest absolute Gasteiger partial charge is 0.241 e. The number of benzene rings is 2. The Bertz CT molecular complexity index is 626. The summed E-state index contributed by atoms with van der Waals surface area (Å²) in [7, 11) is 0. The average molecular weight is 326 g/mol. The van der Waals surface area contributed by atoms with Crippen molar-refractivity contribution in [2.45, 2.75) is 45.7 Å². The molecule has 0 spiro atoms. The van der Waals surface area contributed by atoms with Gasteiger partial charge in [-0.15, -0.1) is 0 Å². The molecule has 0 fully saturated rings. The first kappa shape index (κ1) is 18.0. The molecule has 0 saturated carbocycles. The van der Waals surface area contributed by atoms with E-state index in [1.807, 2.05) is 61.5 Å². The molecular formula is C20H26N2O2. The SMILES string of the molecule is CCC[C@H](C)N[C@H](C)C(=O)Nc1ccc(Oc2ccccc2)cc1. The quantitative estimate of drug-likeness (QED) is 0.746. The number of amides is 1. The summed E-state index contributed by atoms with van der Waals surface area (Å²) in [5.41, 5.74) is 0.761. The van der Waals surface area contributed by atoms with Crippen molar-refractivity contribution in [3.05, 3.63) is 54.6 Å². The number of rotatable bonds is 8. The minimum Gasteiger partial charge on any atom is -0.457 e. The highest BCUT2D eigenvalue weighted by atomic mass is 16.5. The van der Waals surface area contributed by atoms with Crippen LogP contribution in [0.15, 0.2) is 54.6 Å². The predicted molar refractivity (Wildman–Crippen MR) is 98.6 cm³/mol. The van der Waals surface area contributed by atoms with Gasteiger partial charge in [0.1, 0.15) is 11.5 Å². The lowest BCUT2D eigenvalue weighted by Gasteiger charge is -2.19. The molecule has 0 heterocycles. The number of ether oxygens (including phenoxy) is 1. The Morgan fingerprint density at radius 3 is 2.25 bits per heavy atom. The Hall–Kier alpha value is -2.33. The first-order valence-corrected chi connectivity index (χ1v) is 8.48. The van der Waals surface area contributed by atoms with Crippen LogP contribution < -0.4 is 15.4 Å². The van der Waals surface area contributed by atoms with Crippen LogP contribution in [-0.2, 0) is 4.79 Å². The van der Waals surface area contributed by atoms with Crippen LogP contribution in [0.5, 0.6) is 11.5 Å². The number of anilines is 1. The summed E-state index contributed by atoms with van der Waals surface area (Å²) in [6, 6.07) is 17.1. The fourth-order valence-corrected chi connectivity index (χ4v) is 2.50. The van der Waals surface area contributed by atoms with Gasteiger partial charge in [-0.05, 0) is 56.7 Å². The van der Waals surface area contributed by atoms with Crippen molar-refractivity contribution in [2.24, 2.45) is 0 Å². The minimum atomic E-state index is -0.230. The predicted octanol–water partition coefficient (Wildman–Crippen LogP) is 4.58. The van der Waals surface area contributed by atoms with E-state index < -0.39 is 0 Å². The molecule has 0 unspecified atom stereocenters. The second kappa shape index (κ2) is 9.08. The molecule has 0 bridgehead atoms. The fraction of sp³-hybridized carbons (Fsp3) is 0.350. The average Bonchev–Trinajstić information content (AvgIpc) is 2.57. The molecule has 2 rings (SSSR count). The van der Waals surface area contributed by atoms with Gasteiger partial charge in [0.25, 0.3) is 0 Å². The summed E-state index contributed by atoms with van der Waals surface area (Å²) >= 11 is 0. The van der Waals surface area contributed by atoms with Crippen molar-refractivity contribution in [1.29, 1.82) is 0 Å². The van der Waals surface area contributed by atoms with E-state index in [0.717, 1.165) is 30.0 Å². The maximum absolute atomic E-state index is 12.2. The lowest BCUT2D eigenvalue weighted by Crippen LogP contribution is -2.42. The van der Waals surface area contributed by atoms with Crippen molar-refractivity contribution in [3.63, 3.8) is 0 Å². The van der Waals surface area contributed by atoms with Gasteiger partial charge in [0, 0.05) is 11.7 Å². The van der Waals surface area contributed by atoms with Gasteiger partial charge < -0.3 is 15.4 Å². The van der Waals surface area contributed by atoms with Crippen molar-refractivity contribution in [2.75, 3.05) is 5.32 Å². The Kier molecular flexibility index (Phi) is 6.82. The molecular weight excluding hydrogens is 300 g/mol. The first-order valence-electron chi connectivity index (χ1n) is 8.48. The second-order valence-corrected chi connectivity index (χ2v) is 6.01. The van der Waals surface area contributed by atoms with Crippen LogP contribution in [0.4, 0.5) is 5.69 Å². The van der Waals surface area contributed by atoms with Crippen LogP contribution >= 0.6 is 0 Å². The highest BCUT2D eigenvalue weighted by molar-refractivity contribution is 5.94. The van der Waals surface area contributed by atoms with Gasteiger partial charge in [-0.2, -0.15) is 0 Å². The third-order valence-corrected chi connectivity index (χ3v) is 3.75. The maximum Gasteiger partial charge on any atom is 0.241 e. The summed E-state index contributed by atoms with van der Waals surface area (Å²) in [5.74, 6) is 1.49. The maximum atomic E-state index is 12.2. The van der Waals surface area contributed by atoms with E-state index in [2.05, 4.69) is 24.5 Å². The van der Waals surface area contributed by atoms with Crippen molar-refractivity contribution in [3.8, 4) is 11.5 Å². The third-order valence-electron chi connectivity index (χ3n) is 3.75. The molecule has 0 aliphatic heterocycles. The summed E-state index contributed by atoms with van der Waals surface area (Å²) in [4.78, 5) is 12.2. The first-order chi connectivity index (χ1) is 11.6. The van der Waals surface area contributed by atoms with Crippen molar-refractivity contribution < 1.29 is 9.53 Å². The summed E-state index contributed by atoms with van der Waals surface area (Å²) in [5, 5.41) is 6.23. The van der Waals surface area contributed by atoms with E-state index in [0.29, 0.717) is 6.04 Å². The normalized spacial score (nSPS) is 13.1. The Balaban J connectivity index is 1.88. The number of hydrogen-bond acceptors (Lipinski definition) is 3. The largest absolute Gasteiger partial charge is 0.457 e.